The second kappa shape index (κ2) is 8.09. The molecule has 0 saturated carbocycles. The molecule has 0 unspecified atom stereocenters. The molecule has 2 aromatic rings. The molecule has 0 bridgehead atoms. The average molecular weight is 340 g/mol. The van der Waals surface area contributed by atoms with Gasteiger partial charge in [-0.15, -0.1) is 11.3 Å². The Hall–Kier alpha value is -2.91. The molecule has 1 aromatic carbocycles. The quantitative estimate of drug-likeness (QED) is 0.667. The fourth-order valence-corrected chi connectivity index (χ4v) is 2.56. The molecule has 1 N–H and O–H groups in total. The zero-order valence-corrected chi connectivity index (χ0v) is 14.1. The highest BCUT2D eigenvalue weighted by atomic mass is 32.1. The van der Waals surface area contributed by atoms with Crippen molar-refractivity contribution in [2.75, 3.05) is 5.32 Å². The topological polar surface area (TPSA) is 79.2 Å². The summed E-state index contributed by atoms with van der Waals surface area (Å²) in [6.45, 7) is 3.46. The van der Waals surface area contributed by atoms with Gasteiger partial charge in [0.1, 0.15) is 11.1 Å². The number of nitrogens with one attached hydrogen (secondary N) is 1. The van der Waals surface area contributed by atoms with Gasteiger partial charge in [0, 0.05) is 6.08 Å². The Morgan fingerprint density at radius 1 is 1.29 bits per heavy atom. The lowest BCUT2D eigenvalue weighted by atomic mass is 10.1. The van der Waals surface area contributed by atoms with Crippen LogP contribution in [0, 0.1) is 18.3 Å². The number of nitrogens with zero attached hydrogens (tertiary/aromatic N) is 1. The number of anilines is 1. The lowest BCUT2D eigenvalue weighted by molar-refractivity contribution is -0.148. The molecule has 0 spiro atoms. The summed E-state index contributed by atoms with van der Waals surface area (Å²) in [6.07, 6.45) is 1.94. The molecule has 0 fully saturated rings. The van der Waals surface area contributed by atoms with E-state index < -0.39 is 18.0 Å². The zero-order chi connectivity index (χ0) is 17.5. The van der Waals surface area contributed by atoms with E-state index in [-0.39, 0.29) is 0 Å². The largest absolute Gasteiger partial charge is 0.449 e. The van der Waals surface area contributed by atoms with Crippen molar-refractivity contribution in [3.05, 3.63) is 58.5 Å². The summed E-state index contributed by atoms with van der Waals surface area (Å²) in [7, 11) is 0. The van der Waals surface area contributed by atoms with Crippen LogP contribution in [0.1, 0.15) is 23.6 Å². The molecule has 0 radical (unpaired) electrons. The molecular weight excluding hydrogens is 324 g/mol. The van der Waals surface area contributed by atoms with E-state index in [0.29, 0.717) is 10.6 Å². The van der Waals surface area contributed by atoms with Crippen LogP contribution in [0.5, 0.6) is 0 Å². The van der Waals surface area contributed by atoms with E-state index in [2.05, 4.69) is 5.32 Å². The van der Waals surface area contributed by atoms with Crippen LogP contribution in [-0.4, -0.2) is 18.0 Å². The summed E-state index contributed by atoms with van der Waals surface area (Å²) in [5.74, 6) is -1.09. The molecule has 24 heavy (non-hydrogen) atoms. The number of ether oxygens (including phenoxy) is 1. The Balaban J connectivity index is 1.90. The fraction of sp³-hybridized carbons (Fsp3) is 0.167. The van der Waals surface area contributed by atoms with Crippen LogP contribution >= 0.6 is 11.3 Å². The van der Waals surface area contributed by atoms with E-state index in [9.17, 15) is 9.59 Å². The Morgan fingerprint density at radius 3 is 2.67 bits per heavy atom. The predicted octanol–water partition coefficient (Wildman–Crippen LogP) is 3.51. The van der Waals surface area contributed by atoms with Gasteiger partial charge in [-0.25, -0.2) is 4.79 Å². The fourth-order valence-electron chi connectivity index (χ4n) is 1.82. The van der Waals surface area contributed by atoms with Gasteiger partial charge >= 0.3 is 5.97 Å². The number of benzene rings is 1. The molecule has 122 valence electrons. The molecule has 2 rings (SSSR count). The highest BCUT2D eigenvalue weighted by molar-refractivity contribution is 7.14. The Bertz CT molecular complexity index is 800. The number of esters is 1. The van der Waals surface area contributed by atoms with Crippen molar-refractivity contribution in [1.29, 1.82) is 5.26 Å². The van der Waals surface area contributed by atoms with Crippen LogP contribution in [0.2, 0.25) is 0 Å². The van der Waals surface area contributed by atoms with Gasteiger partial charge < -0.3 is 10.1 Å². The minimum atomic E-state index is -0.964. The normalized spacial score (nSPS) is 11.7. The van der Waals surface area contributed by atoms with Crippen LogP contribution in [0.15, 0.2) is 41.8 Å². The van der Waals surface area contributed by atoms with E-state index in [1.807, 2.05) is 37.3 Å². The number of amides is 1. The minimum absolute atomic E-state index is 0.381. The monoisotopic (exact) mass is 340 g/mol. The number of hydrogen-bond acceptors (Lipinski definition) is 5. The standard InChI is InChI=1S/C18H16N2O3S/c1-12-3-5-14(6-4-12)7-8-16(21)23-13(2)17(22)20-18-15(11-19)9-10-24-18/h3-10,13H,1-2H3,(H,20,22)/b8-7+/t13-/m1/s1. The van der Waals surface area contributed by atoms with Crippen LogP contribution in [0.3, 0.4) is 0 Å². The third-order valence-corrected chi connectivity index (χ3v) is 4.00. The van der Waals surface area contributed by atoms with E-state index in [4.69, 9.17) is 10.00 Å². The van der Waals surface area contributed by atoms with Crippen LogP contribution < -0.4 is 5.32 Å². The number of aryl methyl sites for hydroxylation is 1. The Labute approximate surface area is 144 Å². The first-order valence-electron chi connectivity index (χ1n) is 7.23. The minimum Gasteiger partial charge on any atom is -0.449 e. The van der Waals surface area contributed by atoms with Crippen molar-refractivity contribution in [2.24, 2.45) is 0 Å². The average Bonchev–Trinajstić information content (AvgIpc) is 3.01. The number of hydrogen-bond donors (Lipinski definition) is 1. The summed E-state index contributed by atoms with van der Waals surface area (Å²) in [5.41, 5.74) is 2.38. The highest BCUT2D eigenvalue weighted by Crippen LogP contribution is 2.22. The maximum absolute atomic E-state index is 12.0. The van der Waals surface area contributed by atoms with E-state index in [1.165, 1.54) is 24.3 Å². The van der Waals surface area contributed by atoms with Gasteiger partial charge in [0.2, 0.25) is 0 Å². The van der Waals surface area contributed by atoms with Crippen LogP contribution in [0.25, 0.3) is 6.08 Å². The summed E-state index contributed by atoms with van der Waals surface area (Å²) >= 11 is 1.24. The van der Waals surface area contributed by atoms with Gasteiger partial charge in [-0.05, 0) is 36.9 Å². The SMILES string of the molecule is Cc1ccc(/C=C/C(=O)O[C@H](C)C(=O)Nc2sccc2C#N)cc1. The second-order valence-electron chi connectivity index (χ2n) is 5.09. The molecule has 1 atom stereocenters. The predicted molar refractivity (Wildman–Crippen MR) is 93.4 cm³/mol. The van der Waals surface area contributed by atoms with Gasteiger partial charge in [0.05, 0.1) is 5.56 Å². The lowest BCUT2D eigenvalue weighted by Gasteiger charge is -2.11. The second-order valence-corrected chi connectivity index (χ2v) is 6.00. The third kappa shape index (κ3) is 4.80. The maximum Gasteiger partial charge on any atom is 0.331 e. The van der Waals surface area contributed by atoms with Gasteiger partial charge in [0.15, 0.2) is 6.10 Å². The van der Waals surface area contributed by atoms with Crippen molar-refractivity contribution < 1.29 is 14.3 Å². The smallest absolute Gasteiger partial charge is 0.331 e. The van der Waals surface area contributed by atoms with Crippen molar-refractivity contribution >= 4 is 34.3 Å². The molecule has 6 heteroatoms. The molecular formula is C18H16N2O3S. The van der Waals surface area contributed by atoms with Gasteiger partial charge in [-0.1, -0.05) is 29.8 Å². The van der Waals surface area contributed by atoms with E-state index in [1.54, 1.807) is 17.5 Å². The number of thiophene rings is 1. The summed E-state index contributed by atoms with van der Waals surface area (Å²) in [6, 6.07) is 11.2. The zero-order valence-electron chi connectivity index (χ0n) is 13.3. The van der Waals surface area contributed by atoms with Crippen molar-refractivity contribution in [3.8, 4) is 6.07 Å². The molecule has 1 amide bonds. The summed E-state index contributed by atoms with van der Waals surface area (Å²) in [4.78, 5) is 23.8. The lowest BCUT2D eigenvalue weighted by Crippen LogP contribution is -2.29. The van der Waals surface area contributed by atoms with Gasteiger partial charge in [-0.3, -0.25) is 4.79 Å². The summed E-state index contributed by atoms with van der Waals surface area (Å²) in [5, 5.41) is 13.6. The number of carbonyl (C=O) groups is 2. The van der Waals surface area contributed by atoms with Crippen LogP contribution in [0.4, 0.5) is 5.00 Å². The maximum atomic E-state index is 12.0. The van der Waals surface area contributed by atoms with Crippen molar-refractivity contribution in [3.63, 3.8) is 0 Å². The first-order valence-corrected chi connectivity index (χ1v) is 8.11. The number of rotatable bonds is 5. The summed E-state index contributed by atoms with van der Waals surface area (Å²) < 4.78 is 5.06. The molecule has 0 aliphatic rings. The van der Waals surface area contributed by atoms with Crippen LogP contribution in [-0.2, 0) is 14.3 Å². The molecule has 1 aromatic heterocycles. The molecule has 1 heterocycles. The Kier molecular flexibility index (Phi) is 5.88. The van der Waals surface area contributed by atoms with E-state index in [0.717, 1.165) is 11.1 Å². The molecule has 0 saturated heterocycles. The third-order valence-electron chi connectivity index (χ3n) is 3.17. The van der Waals surface area contributed by atoms with Crippen molar-refractivity contribution in [2.45, 2.75) is 20.0 Å². The Morgan fingerprint density at radius 2 is 2.00 bits per heavy atom. The first-order chi connectivity index (χ1) is 11.5. The highest BCUT2D eigenvalue weighted by Gasteiger charge is 2.18. The van der Waals surface area contributed by atoms with Gasteiger partial charge in [0.25, 0.3) is 5.91 Å². The van der Waals surface area contributed by atoms with Gasteiger partial charge in [-0.2, -0.15) is 5.26 Å². The number of nitriles is 1. The molecule has 0 aliphatic carbocycles. The molecule has 0 aliphatic heterocycles. The molecule has 5 nitrogen and oxygen atoms in total. The number of carbonyl (C=O) groups excluding carboxylic acids is 2. The van der Waals surface area contributed by atoms with Crippen molar-refractivity contribution in [1.82, 2.24) is 0 Å². The van der Waals surface area contributed by atoms with E-state index >= 15 is 0 Å². The first kappa shape index (κ1) is 17.4.